The predicted molar refractivity (Wildman–Crippen MR) is 62.0 cm³/mol. The van der Waals surface area contributed by atoms with Crippen LogP contribution in [0.2, 0.25) is 0 Å². The second-order valence-corrected chi connectivity index (χ2v) is 3.64. The minimum Gasteiger partial charge on any atom is -0.477 e. The molecule has 0 saturated carbocycles. The number of carboxylic acid groups (broad SMARTS) is 1. The largest absolute Gasteiger partial charge is 0.477 e. The Hall–Kier alpha value is -2.30. The maximum atomic E-state index is 10.6. The summed E-state index contributed by atoms with van der Waals surface area (Å²) in [5.41, 5.74) is 0.881. The van der Waals surface area contributed by atoms with E-state index in [4.69, 9.17) is 9.52 Å². The molecule has 88 valence electrons. The van der Waals surface area contributed by atoms with Gasteiger partial charge in [-0.1, -0.05) is 0 Å². The van der Waals surface area contributed by atoms with Gasteiger partial charge >= 0.3 is 5.97 Å². The van der Waals surface area contributed by atoms with Crippen molar-refractivity contribution in [2.45, 2.75) is 6.54 Å². The molecule has 1 N–H and O–H groups in total. The Morgan fingerprint density at radius 3 is 2.82 bits per heavy atom. The van der Waals surface area contributed by atoms with Gasteiger partial charge in [0.05, 0.1) is 24.7 Å². The Morgan fingerprint density at radius 2 is 2.29 bits per heavy atom. The lowest BCUT2D eigenvalue weighted by molar-refractivity contribution is 0.0690. The van der Waals surface area contributed by atoms with Crippen LogP contribution in [0.4, 0.5) is 5.69 Å². The summed E-state index contributed by atoms with van der Waals surface area (Å²) in [6, 6.07) is 6.92. The first-order valence-electron chi connectivity index (χ1n) is 5.09. The van der Waals surface area contributed by atoms with E-state index in [0.717, 1.165) is 11.4 Å². The van der Waals surface area contributed by atoms with Crippen molar-refractivity contribution < 1.29 is 14.3 Å². The number of aromatic nitrogens is 1. The van der Waals surface area contributed by atoms with Crippen molar-refractivity contribution in [1.82, 2.24) is 4.98 Å². The Labute approximate surface area is 98.3 Å². The van der Waals surface area contributed by atoms with E-state index in [1.54, 1.807) is 12.3 Å². The average Bonchev–Trinajstić information content (AvgIpc) is 2.82. The van der Waals surface area contributed by atoms with Crippen molar-refractivity contribution in [3.63, 3.8) is 0 Å². The van der Waals surface area contributed by atoms with Gasteiger partial charge in [0.25, 0.3) is 0 Å². The van der Waals surface area contributed by atoms with Crippen LogP contribution in [0.1, 0.15) is 16.2 Å². The van der Waals surface area contributed by atoms with Crippen molar-refractivity contribution in [3.05, 3.63) is 48.2 Å². The van der Waals surface area contributed by atoms with E-state index in [0.29, 0.717) is 6.54 Å². The monoisotopic (exact) mass is 232 g/mol. The zero-order valence-electron chi connectivity index (χ0n) is 9.33. The summed E-state index contributed by atoms with van der Waals surface area (Å²) < 4.78 is 5.23. The summed E-state index contributed by atoms with van der Waals surface area (Å²) in [5.74, 6) is -0.181. The van der Waals surface area contributed by atoms with Gasteiger partial charge in [-0.3, -0.25) is 0 Å². The van der Waals surface area contributed by atoms with E-state index < -0.39 is 5.97 Å². The first kappa shape index (κ1) is 11.2. The molecule has 0 aliphatic rings. The number of hydrogen-bond acceptors (Lipinski definition) is 4. The number of hydrogen-bond donors (Lipinski definition) is 1. The molecule has 0 aliphatic heterocycles. The van der Waals surface area contributed by atoms with Gasteiger partial charge in [-0.05, 0) is 24.3 Å². The van der Waals surface area contributed by atoms with E-state index in [9.17, 15) is 4.79 Å². The predicted octanol–water partition coefficient (Wildman–Crippen LogP) is 2.01. The van der Waals surface area contributed by atoms with Crippen molar-refractivity contribution in [2.24, 2.45) is 0 Å². The number of carbonyl (C=O) groups is 1. The van der Waals surface area contributed by atoms with E-state index in [1.165, 1.54) is 12.3 Å². The number of anilines is 1. The number of carboxylic acids is 1. The molecule has 2 aromatic heterocycles. The summed E-state index contributed by atoms with van der Waals surface area (Å²) in [6.07, 6.45) is 3.15. The summed E-state index contributed by atoms with van der Waals surface area (Å²) >= 11 is 0. The maximum absolute atomic E-state index is 10.6. The Bertz CT molecular complexity index is 491. The van der Waals surface area contributed by atoms with Crippen molar-refractivity contribution in [1.29, 1.82) is 0 Å². The number of pyridine rings is 1. The average molecular weight is 232 g/mol. The van der Waals surface area contributed by atoms with Crippen LogP contribution in [0.5, 0.6) is 0 Å². The number of furan rings is 1. The van der Waals surface area contributed by atoms with Crippen LogP contribution in [0.15, 0.2) is 41.1 Å². The highest BCUT2D eigenvalue weighted by Gasteiger charge is 2.07. The highest BCUT2D eigenvalue weighted by Crippen LogP contribution is 2.14. The van der Waals surface area contributed by atoms with Crippen LogP contribution in [0.25, 0.3) is 0 Å². The molecular formula is C12H12N2O3. The molecule has 0 radical (unpaired) electrons. The van der Waals surface area contributed by atoms with Gasteiger partial charge in [-0.25, -0.2) is 9.78 Å². The highest BCUT2D eigenvalue weighted by atomic mass is 16.4. The van der Waals surface area contributed by atoms with E-state index in [-0.39, 0.29) is 5.69 Å². The smallest absolute Gasteiger partial charge is 0.354 e. The summed E-state index contributed by atoms with van der Waals surface area (Å²) in [6.45, 7) is 0.612. The first-order chi connectivity index (χ1) is 8.16. The third kappa shape index (κ3) is 2.63. The first-order valence-corrected chi connectivity index (χ1v) is 5.09. The Morgan fingerprint density at radius 1 is 1.47 bits per heavy atom. The molecule has 2 aromatic rings. The Kier molecular flexibility index (Phi) is 3.09. The topological polar surface area (TPSA) is 66.6 Å². The lowest BCUT2D eigenvalue weighted by Gasteiger charge is -2.17. The zero-order valence-corrected chi connectivity index (χ0v) is 9.33. The minimum absolute atomic E-state index is 0.0418. The number of nitrogens with zero attached hydrogens (tertiary/aromatic N) is 2. The standard InChI is InChI=1S/C12H12N2O3/c1-14(8-10-3-2-6-17-10)9-4-5-11(12(15)16)13-7-9/h2-7H,8H2,1H3,(H,15,16). The van der Waals surface area contributed by atoms with Crippen LogP contribution in [0, 0.1) is 0 Å². The molecule has 2 heterocycles. The van der Waals surface area contributed by atoms with Gasteiger partial charge in [-0.15, -0.1) is 0 Å². The van der Waals surface area contributed by atoms with E-state index >= 15 is 0 Å². The zero-order chi connectivity index (χ0) is 12.3. The third-order valence-electron chi connectivity index (χ3n) is 2.38. The van der Waals surface area contributed by atoms with Gasteiger partial charge in [0.15, 0.2) is 0 Å². The molecule has 0 spiro atoms. The van der Waals surface area contributed by atoms with Crippen LogP contribution in [-0.4, -0.2) is 23.1 Å². The minimum atomic E-state index is -1.02. The normalized spacial score (nSPS) is 10.2. The molecule has 5 nitrogen and oxygen atoms in total. The third-order valence-corrected chi connectivity index (χ3v) is 2.38. The van der Waals surface area contributed by atoms with Crippen molar-refractivity contribution >= 4 is 11.7 Å². The molecule has 5 heteroatoms. The van der Waals surface area contributed by atoms with Gasteiger partial charge in [-0.2, -0.15) is 0 Å². The summed E-state index contributed by atoms with van der Waals surface area (Å²) in [4.78, 5) is 16.4. The number of rotatable bonds is 4. The molecule has 0 atom stereocenters. The van der Waals surface area contributed by atoms with Gasteiger partial charge in [0, 0.05) is 7.05 Å². The van der Waals surface area contributed by atoms with Crippen LogP contribution >= 0.6 is 0 Å². The highest BCUT2D eigenvalue weighted by molar-refractivity contribution is 5.85. The summed E-state index contributed by atoms with van der Waals surface area (Å²) in [7, 11) is 1.89. The second kappa shape index (κ2) is 4.69. The van der Waals surface area contributed by atoms with Crippen molar-refractivity contribution in [2.75, 3.05) is 11.9 Å². The fraction of sp³-hybridized carbons (Fsp3) is 0.167. The molecule has 0 amide bonds. The summed E-state index contributed by atoms with van der Waals surface area (Å²) in [5, 5.41) is 8.73. The van der Waals surface area contributed by atoms with Crippen LogP contribution < -0.4 is 4.90 Å². The van der Waals surface area contributed by atoms with Gasteiger partial charge in [0.1, 0.15) is 11.5 Å². The maximum Gasteiger partial charge on any atom is 0.354 e. The van der Waals surface area contributed by atoms with Gasteiger partial charge in [0.2, 0.25) is 0 Å². The fourth-order valence-electron chi connectivity index (χ4n) is 1.47. The molecule has 17 heavy (non-hydrogen) atoms. The lowest BCUT2D eigenvalue weighted by Crippen LogP contribution is -2.16. The molecule has 0 aromatic carbocycles. The van der Waals surface area contributed by atoms with Gasteiger partial charge < -0.3 is 14.4 Å². The quantitative estimate of drug-likeness (QED) is 0.873. The van der Waals surface area contributed by atoms with Crippen molar-refractivity contribution in [3.8, 4) is 0 Å². The molecule has 0 bridgehead atoms. The van der Waals surface area contributed by atoms with Crippen LogP contribution in [0.3, 0.4) is 0 Å². The molecule has 0 aliphatic carbocycles. The van der Waals surface area contributed by atoms with Crippen LogP contribution in [-0.2, 0) is 6.54 Å². The SMILES string of the molecule is CN(Cc1ccco1)c1ccc(C(=O)O)nc1. The van der Waals surface area contributed by atoms with E-state index in [1.807, 2.05) is 24.1 Å². The molecule has 0 saturated heterocycles. The molecule has 2 rings (SSSR count). The molecular weight excluding hydrogens is 220 g/mol. The molecule has 0 unspecified atom stereocenters. The molecule has 0 fully saturated rings. The van der Waals surface area contributed by atoms with E-state index in [2.05, 4.69) is 4.98 Å². The lowest BCUT2D eigenvalue weighted by atomic mass is 10.3. The Balaban J connectivity index is 2.09. The number of aromatic carboxylic acids is 1. The second-order valence-electron chi connectivity index (χ2n) is 3.64. The fourth-order valence-corrected chi connectivity index (χ4v) is 1.47.